The number of carbonyl (C=O) groups excluding carboxylic acids is 1. The molecule has 94 valence electrons. The summed E-state index contributed by atoms with van der Waals surface area (Å²) in [7, 11) is 1.65. The van der Waals surface area contributed by atoms with Crippen LogP contribution in [0.25, 0.3) is 0 Å². The Morgan fingerprint density at radius 2 is 2.00 bits per heavy atom. The molecule has 2 unspecified atom stereocenters. The van der Waals surface area contributed by atoms with Gasteiger partial charge in [-0.25, -0.2) is 0 Å². The Labute approximate surface area is 97.8 Å². The number of aliphatic hydroxyl groups is 1. The summed E-state index contributed by atoms with van der Waals surface area (Å²) in [5.74, 6) is 0.0327. The minimum absolute atomic E-state index is 0.0327. The minimum Gasteiger partial charge on any atom is -0.392 e. The summed E-state index contributed by atoms with van der Waals surface area (Å²) in [6.07, 6.45) is 3.89. The van der Waals surface area contributed by atoms with Gasteiger partial charge in [-0.05, 0) is 26.7 Å². The molecule has 0 aromatic rings. The second kappa shape index (κ2) is 5.64. The van der Waals surface area contributed by atoms with Crippen molar-refractivity contribution < 1.29 is 9.90 Å². The van der Waals surface area contributed by atoms with Gasteiger partial charge in [0.05, 0.1) is 11.5 Å². The number of aliphatic hydroxyl groups excluding tert-OH is 1. The van der Waals surface area contributed by atoms with Gasteiger partial charge in [0.2, 0.25) is 5.91 Å². The summed E-state index contributed by atoms with van der Waals surface area (Å²) in [5, 5.41) is 15.8. The Kier molecular flexibility index (Phi) is 4.74. The van der Waals surface area contributed by atoms with Crippen LogP contribution in [0, 0.1) is 5.41 Å². The van der Waals surface area contributed by atoms with E-state index in [2.05, 4.69) is 10.6 Å². The maximum absolute atomic E-state index is 11.6. The molecule has 0 aromatic carbocycles. The molecule has 0 saturated heterocycles. The fourth-order valence-electron chi connectivity index (χ4n) is 2.15. The van der Waals surface area contributed by atoms with Gasteiger partial charge in [0.15, 0.2) is 0 Å². The standard InChI is InChI=1S/C12H24N2O2/c1-12(2,11(16)13-3)8-14-9-6-4-5-7-10(9)15/h9-10,14-15H,4-8H2,1-3H3,(H,13,16). The molecule has 2 atom stereocenters. The molecule has 1 rings (SSSR count). The van der Waals surface area contributed by atoms with E-state index < -0.39 is 5.41 Å². The van der Waals surface area contributed by atoms with Crippen LogP contribution in [0.3, 0.4) is 0 Å². The van der Waals surface area contributed by atoms with Crippen LogP contribution in [0.5, 0.6) is 0 Å². The third-order valence-corrected chi connectivity index (χ3v) is 3.38. The zero-order valence-corrected chi connectivity index (χ0v) is 10.5. The van der Waals surface area contributed by atoms with E-state index in [1.54, 1.807) is 7.05 Å². The van der Waals surface area contributed by atoms with E-state index in [1.807, 2.05) is 13.8 Å². The van der Waals surface area contributed by atoms with Gasteiger partial charge in [0.25, 0.3) is 0 Å². The van der Waals surface area contributed by atoms with Gasteiger partial charge in [-0.15, -0.1) is 0 Å². The fourth-order valence-corrected chi connectivity index (χ4v) is 2.15. The van der Waals surface area contributed by atoms with Gasteiger partial charge in [-0.2, -0.15) is 0 Å². The maximum atomic E-state index is 11.6. The molecular weight excluding hydrogens is 204 g/mol. The first kappa shape index (κ1) is 13.5. The number of rotatable bonds is 4. The highest BCUT2D eigenvalue weighted by molar-refractivity contribution is 5.81. The van der Waals surface area contributed by atoms with Crippen LogP contribution in [-0.2, 0) is 4.79 Å². The second-order valence-electron chi connectivity index (χ2n) is 5.30. The summed E-state index contributed by atoms with van der Waals surface area (Å²) in [4.78, 5) is 11.6. The van der Waals surface area contributed by atoms with E-state index in [9.17, 15) is 9.90 Å². The van der Waals surface area contributed by atoms with Gasteiger partial charge in [0.1, 0.15) is 0 Å². The number of hydrogen-bond acceptors (Lipinski definition) is 3. The summed E-state index contributed by atoms with van der Waals surface area (Å²) in [5.41, 5.74) is -0.425. The van der Waals surface area contributed by atoms with Crippen molar-refractivity contribution in [3.8, 4) is 0 Å². The number of hydrogen-bond donors (Lipinski definition) is 3. The predicted octanol–water partition coefficient (Wildman–Crippen LogP) is 0.652. The molecule has 0 bridgehead atoms. The molecule has 1 saturated carbocycles. The maximum Gasteiger partial charge on any atom is 0.226 e. The van der Waals surface area contributed by atoms with Crippen LogP contribution in [0.1, 0.15) is 39.5 Å². The van der Waals surface area contributed by atoms with Crippen molar-refractivity contribution in [2.75, 3.05) is 13.6 Å². The van der Waals surface area contributed by atoms with Crippen LogP contribution in [-0.4, -0.2) is 36.8 Å². The normalized spacial score (nSPS) is 26.5. The van der Waals surface area contributed by atoms with E-state index in [4.69, 9.17) is 0 Å². The highest BCUT2D eigenvalue weighted by Gasteiger charge is 2.29. The summed E-state index contributed by atoms with van der Waals surface area (Å²) in [6.45, 7) is 4.43. The Morgan fingerprint density at radius 1 is 1.38 bits per heavy atom. The summed E-state index contributed by atoms with van der Waals surface area (Å²) < 4.78 is 0. The molecule has 0 heterocycles. The molecule has 0 aromatic heterocycles. The van der Waals surface area contributed by atoms with Crippen molar-refractivity contribution in [3.05, 3.63) is 0 Å². The molecule has 16 heavy (non-hydrogen) atoms. The Morgan fingerprint density at radius 3 is 2.56 bits per heavy atom. The van der Waals surface area contributed by atoms with Gasteiger partial charge in [0, 0.05) is 19.6 Å². The molecule has 1 aliphatic rings. The van der Waals surface area contributed by atoms with Crippen molar-refractivity contribution in [2.45, 2.75) is 51.7 Å². The SMILES string of the molecule is CNC(=O)C(C)(C)CNC1CCCCC1O. The van der Waals surface area contributed by atoms with Gasteiger partial charge in [-0.1, -0.05) is 12.8 Å². The van der Waals surface area contributed by atoms with E-state index in [-0.39, 0.29) is 18.1 Å². The third kappa shape index (κ3) is 3.46. The van der Waals surface area contributed by atoms with Gasteiger partial charge in [-0.3, -0.25) is 4.79 Å². The zero-order chi connectivity index (χ0) is 12.2. The van der Waals surface area contributed by atoms with Gasteiger partial charge < -0.3 is 15.7 Å². The Balaban J connectivity index is 2.40. The van der Waals surface area contributed by atoms with E-state index in [0.717, 1.165) is 25.7 Å². The Bertz CT molecular complexity index is 241. The highest BCUT2D eigenvalue weighted by Crippen LogP contribution is 2.20. The first-order valence-electron chi connectivity index (χ1n) is 6.11. The van der Waals surface area contributed by atoms with E-state index >= 15 is 0 Å². The number of nitrogens with one attached hydrogen (secondary N) is 2. The van der Waals surface area contributed by atoms with Crippen molar-refractivity contribution >= 4 is 5.91 Å². The van der Waals surface area contributed by atoms with Crippen LogP contribution < -0.4 is 10.6 Å². The lowest BCUT2D eigenvalue weighted by Crippen LogP contribution is -2.49. The van der Waals surface area contributed by atoms with Crippen LogP contribution in [0.15, 0.2) is 0 Å². The monoisotopic (exact) mass is 228 g/mol. The van der Waals surface area contributed by atoms with E-state index in [0.29, 0.717) is 6.54 Å². The minimum atomic E-state index is -0.425. The number of carbonyl (C=O) groups is 1. The van der Waals surface area contributed by atoms with Crippen LogP contribution >= 0.6 is 0 Å². The molecule has 3 N–H and O–H groups in total. The lowest BCUT2D eigenvalue weighted by atomic mass is 9.89. The third-order valence-electron chi connectivity index (χ3n) is 3.38. The second-order valence-corrected chi connectivity index (χ2v) is 5.30. The Hall–Kier alpha value is -0.610. The highest BCUT2D eigenvalue weighted by atomic mass is 16.3. The van der Waals surface area contributed by atoms with Crippen molar-refractivity contribution in [3.63, 3.8) is 0 Å². The average molecular weight is 228 g/mol. The van der Waals surface area contributed by atoms with Gasteiger partial charge >= 0.3 is 0 Å². The predicted molar refractivity (Wildman–Crippen MR) is 64.1 cm³/mol. The average Bonchev–Trinajstić information content (AvgIpc) is 2.27. The molecule has 4 nitrogen and oxygen atoms in total. The fraction of sp³-hybridized carbons (Fsp3) is 0.917. The first-order chi connectivity index (χ1) is 7.47. The molecule has 0 spiro atoms. The molecule has 0 aliphatic heterocycles. The van der Waals surface area contributed by atoms with Crippen LogP contribution in [0.4, 0.5) is 0 Å². The quantitative estimate of drug-likeness (QED) is 0.662. The molecule has 0 radical (unpaired) electrons. The molecule has 1 fully saturated rings. The topological polar surface area (TPSA) is 61.4 Å². The summed E-state index contributed by atoms with van der Waals surface area (Å²) in [6, 6.07) is 0.151. The van der Waals surface area contributed by atoms with Crippen LogP contribution in [0.2, 0.25) is 0 Å². The largest absolute Gasteiger partial charge is 0.392 e. The lowest BCUT2D eigenvalue weighted by molar-refractivity contribution is -0.128. The molecule has 1 aliphatic carbocycles. The smallest absolute Gasteiger partial charge is 0.226 e. The van der Waals surface area contributed by atoms with Crippen molar-refractivity contribution in [1.29, 1.82) is 0 Å². The van der Waals surface area contributed by atoms with Crippen molar-refractivity contribution in [1.82, 2.24) is 10.6 Å². The number of amides is 1. The first-order valence-corrected chi connectivity index (χ1v) is 6.11. The van der Waals surface area contributed by atoms with E-state index in [1.165, 1.54) is 0 Å². The summed E-state index contributed by atoms with van der Waals surface area (Å²) >= 11 is 0. The molecule has 1 amide bonds. The zero-order valence-electron chi connectivity index (χ0n) is 10.5. The van der Waals surface area contributed by atoms with Crippen molar-refractivity contribution in [2.24, 2.45) is 5.41 Å². The molecule has 4 heteroatoms. The lowest BCUT2D eigenvalue weighted by Gasteiger charge is -2.32. The molecular formula is C12H24N2O2.